The third-order valence-electron chi connectivity index (χ3n) is 2.38. The second kappa shape index (κ2) is 8.01. The van der Waals surface area contributed by atoms with Crippen LogP contribution in [0.2, 0.25) is 0 Å². The summed E-state index contributed by atoms with van der Waals surface area (Å²) in [6.07, 6.45) is -5.98. The molecule has 3 nitrogen and oxygen atoms in total. The Bertz CT molecular complexity index is 384. The van der Waals surface area contributed by atoms with Crippen LogP contribution in [-0.2, 0) is 4.79 Å². The van der Waals surface area contributed by atoms with Crippen molar-refractivity contribution in [2.24, 2.45) is 5.73 Å². The molecule has 108 valence electrons. The highest BCUT2D eigenvalue weighted by atomic mass is 35.5. The van der Waals surface area contributed by atoms with Crippen molar-refractivity contribution in [1.29, 1.82) is 0 Å². The van der Waals surface area contributed by atoms with Crippen LogP contribution in [0.25, 0.3) is 0 Å². The quantitative estimate of drug-likeness (QED) is 0.877. The van der Waals surface area contributed by atoms with E-state index in [0.29, 0.717) is 0 Å². The van der Waals surface area contributed by atoms with Crippen LogP contribution in [0.15, 0.2) is 30.3 Å². The van der Waals surface area contributed by atoms with Crippen molar-refractivity contribution in [2.45, 2.75) is 25.1 Å². The number of hydrogen-bond donors (Lipinski definition) is 2. The molecule has 0 spiro atoms. The summed E-state index contributed by atoms with van der Waals surface area (Å²) in [5.74, 6) is -0.640. The van der Waals surface area contributed by atoms with Crippen molar-refractivity contribution < 1.29 is 18.0 Å². The molecule has 0 aliphatic rings. The number of nitrogens with one attached hydrogen (secondary N) is 1. The van der Waals surface area contributed by atoms with Gasteiger partial charge in [-0.1, -0.05) is 30.3 Å². The first kappa shape index (κ1) is 17.7. The molecular weight excluding hydrogens is 281 g/mol. The third-order valence-corrected chi connectivity index (χ3v) is 2.38. The van der Waals surface area contributed by atoms with Gasteiger partial charge in [-0.05, 0) is 5.56 Å². The first-order valence-corrected chi connectivity index (χ1v) is 5.52. The Morgan fingerprint density at radius 3 is 2.37 bits per heavy atom. The molecule has 0 saturated carbocycles. The number of nitrogens with two attached hydrogens (primary N) is 1. The van der Waals surface area contributed by atoms with Crippen molar-refractivity contribution in [3.05, 3.63) is 35.9 Å². The van der Waals surface area contributed by atoms with Crippen LogP contribution in [0.1, 0.15) is 24.4 Å². The van der Waals surface area contributed by atoms with E-state index in [1.165, 1.54) is 0 Å². The summed E-state index contributed by atoms with van der Waals surface area (Å²) in [7, 11) is 0. The highest BCUT2D eigenvalue weighted by molar-refractivity contribution is 5.85. The van der Waals surface area contributed by atoms with Gasteiger partial charge in [0.05, 0.1) is 6.42 Å². The molecule has 1 atom stereocenters. The molecule has 0 fully saturated rings. The minimum Gasteiger partial charge on any atom is -0.354 e. The highest BCUT2D eigenvalue weighted by Crippen LogP contribution is 2.21. The third kappa shape index (κ3) is 7.69. The smallest absolute Gasteiger partial charge is 0.354 e. The summed E-state index contributed by atoms with van der Waals surface area (Å²) in [6, 6.07) is 8.62. The maximum Gasteiger partial charge on any atom is 0.389 e. The van der Waals surface area contributed by atoms with E-state index in [2.05, 4.69) is 5.32 Å². The molecule has 1 aromatic carbocycles. The number of halogens is 4. The number of carbonyl (C=O) groups excluding carboxylic acids is 1. The molecule has 19 heavy (non-hydrogen) atoms. The van der Waals surface area contributed by atoms with E-state index in [1.54, 1.807) is 24.3 Å². The van der Waals surface area contributed by atoms with Crippen molar-refractivity contribution in [1.82, 2.24) is 5.32 Å². The molecule has 3 N–H and O–H groups in total. The average molecular weight is 297 g/mol. The van der Waals surface area contributed by atoms with Crippen LogP contribution in [0.3, 0.4) is 0 Å². The number of rotatable bonds is 5. The first-order valence-electron chi connectivity index (χ1n) is 5.52. The van der Waals surface area contributed by atoms with E-state index in [4.69, 9.17) is 5.73 Å². The molecule has 1 rings (SSSR count). The lowest BCUT2D eigenvalue weighted by molar-refractivity contribution is -0.144. The number of carbonyl (C=O) groups is 1. The summed E-state index contributed by atoms with van der Waals surface area (Å²) in [4.78, 5) is 11.2. The Hall–Kier alpha value is -1.27. The van der Waals surface area contributed by atoms with Gasteiger partial charge in [0, 0.05) is 19.0 Å². The van der Waals surface area contributed by atoms with Gasteiger partial charge in [0.1, 0.15) is 0 Å². The van der Waals surface area contributed by atoms with Crippen LogP contribution in [0, 0.1) is 0 Å². The fourth-order valence-corrected chi connectivity index (χ4v) is 1.39. The van der Waals surface area contributed by atoms with Gasteiger partial charge in [-0.25, -0.2) is 0 Å². The van der Waals surface area contributed by atoms with E-state index >= 15 is 0 Å². The minimum absolute atomic E-state index is 0. The molecule has 0 bridgehead atoms. The molecule has 0 heterocycles. The fraction of sp³-hybridized carbons (Fsp3) is 0.417. The Morgan fingerprint density at radius 2 is 1.84 bits per heavy atom. The molecule has 0 aliphatic carbocycles. The minimum atomic E-state index is -4.31. The lowest BCUT2D eigenvalue weighted by Gasteiger charge is -2.13. The Labute approximate surface area is 115 Å². The molecule has 0 radical (unpaired) electrons. The Morgan fingerprint density at radius 1 is 1.26 bits per heavy atom. The molecule has 0 saturated heterocycles. The van der Waals surface area contributed by atoms with E-state index in [0.717, 1.165) is 5.56 Å². The van der Waals surface area contributed by atoms with Gasteiger partial charge < -0.3 is 11.1 Å². The SMILES string of the molecule is Cl.NC(CNC(=O)CCC(F)(F)F)c1ccccc1. The zero-order chi connectivity index (χ0) is 13.6. The van der Waals surface area contributed by atoms with Crippen LogP contribution >= 0.6 is 12.4 Å². The van der Waals surface area contributed by atoms with Gasteiger partial charge in [-0.3, -0.25) is 4.79 Å². The summed E-state index contributed by atoms with van der Waals surface area (Å²) in [5, 5.41) is 2.39. The van der Waals surface area contributed by atoms with Crippen molar-refractivity contribution in [2.75, 3.05) is 6.54 Å². The van der Waals surface area contributed by atoms with Crippen molar-refractivity contribution in [3.8, 4) is 0 Å². The second-order valence-electron chi connectivity index (χ2n) is 3.94. The predicted octanol–water partition coefficient (Wildman–Crippen LogP) is 2.57. The highest BCUT2D eigenvalue weighted by Gasteiger charge is 2.27. The van der Waals surface area contributed by atoms with E-state index in [9.17, 15) is 18.0 Å². The maximum absolute atomic E-state index is 11.9. The average Bonchev–Trinajstić information content (AvgIpc) is 2.33. The van der Waals surface area contributed by atoms with Crippen LogP contribution in [0.5, 0.6) is 0 Å². The summed E-state index contributed by atoms with van der Waals surface area (Å²) < 4.78 is 35.6. The number of benzene rings is 1. The van der Waals surface area contributed by atoms with Crippen LogP contribution in [-0.4, -0.2) is 18.6 Å². The van der Waals surface area contributed by atoms with E-state index in [1.807, 2.05) is 6.07 Å². The van der Waals surface area contributed by atoms with Gasteiger partial charge in [0.2, 0.25) is 5.91 Å². The lowest BCUT2D eigenvalue weighted by atomic mass is 10.1. The maximum atomic E-state index is 11.9. The van der Waals surface area contributed by atoms with Crippen LogP contribution in [0.4, 0.5) is 13.2 Å². The van der Waals surface area contributed by atoms with Gasteiger partial charge in [-0.2, -0.15) is 13.2 Å². The van der Waals surface area contributed by atoms with Gasteiger partial charge in [0.25, 0.3) is 0 Å². The summed E-state index contributed by atoms with van der Waals surface area (Å²) >= 11 is 0. The monoisotopic (exact) mass is 296 g/mol. The predicted molar refractivity (Wildman–Crippen MR) is 68.9 cm³/mol. The molecule has 1 amide bonds. The zero-order valence-corrected chi connectivity index (χ0v) is 10.9. The van der Waals surface area contributed by atoms with Crippen LogP contribution < -0.4 is 11.1 Å². The molecule has 1 aromatic rings. The second-order valence-corrected chi connectivity index (χ2v) is 3.94. The molecular formula is C12H16ClF3N2O. The topological polar surface area (TPSA) is 55.1 Å². The number of amides is 1. The Balaban J connectivity index is 0.00000324. The van der Waals surface area contributed by atoms with E-state index < -0.39 is 31.0 Å². The van der Waals surface area contributed by atoms with Crippen molar-refractivity contribution in [3.63, 3.8) is 0 Å². The largest absolute Gasteiger partial charge is 0.389 e. The van der Waals surface area contributed by atoms with E-state index in [-0.39, 0.29) is 19.0 Å². The first-order chi connectivity index (χ1) is 8.38. The lowest BCUT2D eigenvalue weighted by Crippen LogP contribution is -2.32. The molecule has 1 unspecified atom stereocenters. The van der Waals surface area contributed by atoms with Gasteiger partial charge in [0.15, 0.2) is 0 Å². The van der Waals surface area contributed by atoms with Gasteiger partial charge >= 0.3 is 6.18 Å². The summed E-state index contributed by atoms with van der Waals surface area (Å²) in [6.45, 7) is 0.126. The number of hydrogen-bond acceptors (Lipinski definition) is 2. The normalized spacial score (nSPS) is 12.4. The fourth-order valence-electron chi connectivity index (χ4n) is 1.39. The van der Waals surface area contributed by atoms with Gasteiger partial charge in [-0.15, -0.1) is 12.4 Å². The molecule has 0 aromatic heterocycles. The number of alkyl halides is 3. The Kier molecular flexibility index (Phi) is 7.48. The van der Waals surface area contributed by atoms with Crippen molar-refractivity contribution >= 4 is 18.3 Å². The zero-order valence-electron chi connectivity index (χ0n) is 10.1. The standard InChI is InChI=1S/C12H15F3N2O.ClH/c13-12(14,15)7-6-11(18)17-8-10(16)9-4-2-1-3-5-9;/h1-5,10H,6-8,16H2,(H,17,18);1H. The molecule has 0 aliphatic heterocycles. The molecule has 7 heteroatoms. The summed E-state index contributed by atoms with van der Waals surface area (Å²) in [5.41, 5.74) is 6.62.